The van der Waals surface area contributed by atoms with E-state index in [0.717, 1.165) is 12.1 Å². The van der Waals surface area contributed by atoms with Crippen molar-refractivity contribution in [3.8, 4) is 0 Å². The molecule has 0 spiro atoms. The van der Waals surface area contributed by atoms with Crippen LogP contribution in [0.2, 0.25) is 0 Å². The topological polar surface area (TPSA) is 72.2 Å². The van der Waals surface area contributed by atoms with Gasteiger partial charge in [-0.05, 0) is 30.0 Å². The Morgan fingerprint density at radius 2 is 2.00 bits per heavy atom. The Bertz CT molecular complexity index is 742. The van der Waals surface area contributed by atoms with Gasteiger partial charge in [0.2, 0.25) is 0 Å². The van der Waals surface area contributed by atoms with Crippen molar-refractivity contribution < 1.29 is 17.2 Å². The molecular weight excluding hydrogens is 306 g/mol. The zero-order valence-corrected chi connectivity index (χ0v) is 12.1. The number of aryl methyl sites for hydroxylation is 1. The molecule has 2 rings (SSSR count). The average molecular weight is 318 g/mol. The highest BCUT2D eigenvalue weighted by Crippen LogP contribution is 2.26. The molecule has 108 valence electrons. The van der Waals surface area contributed by atoms with Crippen LogP contribution in [0.25, 0.3) is 0 Å². The number of hydrogen-bond acceptors (Lipinski definition) is 4. The maximum Gasteiger partial charge on any atom is 0.263 e. The van der Waals surface area contributed by atoms with Crippen LogP contribution in [0.5, 0.6) is 0 Å². The molecule has 0 fully saturated rings. The van der Waals surface area contributed by atoms with Gasteiger partial charge in [0.15, 0.2) is 0 Å². The lowest BCUT2D eigenvalue weighted by molar-refractivity contribution is 0.590. The number of benzene rings is 1. The van der Waals surface area contributed by atoms with Gasteiger partial charge >= 0.3 is 0 Å². The van der Waals surface area contributed by atoms with Crippen molar-refractivity contribution in [1.82, 2.24) is 0 Å². The first-order valence-electron chi connectivity index (χ1n) is 5.60. The summed E-state index contributed by atoms with van der Waals surface area (Å²) in [6, 6.07) is 3.12. The fourth-order valence-corrected chi connectivity index (χ4v) is 4.04. The van der Waals surface area contributed by atoms with Crippen LogP contribution in [-0.4, -0.2) is 8.42 Å². The highest BCUT2D eigenvalue weighted by atomic mass is 32.2. The van der Waals surface area contributed by atoms with Crippen LogP contribution >= 0.6 is 11.3 Å². The lowest BCUT2D eigenvalue weighted by Crippen LogP contribution is -2.16. The molecule has 0 radical (unpaired) electrons. The fraction of sp³-hybridized carbons (Fsp3) is 0.167. The number of sulfonamides is 1. The average Bonchev–Trinajstić information content (AvgIpc) is 2.84. The van der Waals surface area contributed by atoms with E-state index in [1.807, 2.05) is 4.72 Å². The molecule has 0 saturated heterocycles. The second-order valence-corrected chi connectivity index (χ2v) is 6.75. The van der Waals surface area contributed by atoms with Crippen molar-refractivity contribution in [1.29, 1.82) is 0 Å². The maximum atomic E-state index is 13.7. The lowest BCUT2D eigenvalue weighted by atomic mass is 10.2. The molecule has 1 aromatic heterocycles. The molecule has 8 heteroatoms. The normalized spacial score (nSPS) is 11.6. The van der Waals surface area contributed by atoms with Gasteiger partial charge < -0.3 is 5.73 Å². The Morgan fingerprint density at radius 1 is 1.30 bits per heavy atom. The van der Waals surface area contributed by atoms with E-state index in [0.29, 0.717) is 4.88 Å². The van der Waals surface area contributed by atoms with Crippen LogP contribution in [0.15, 0.2) is 28.5 Å². The van der Waals surface area contributed by atoms with Crippen molar-refractivity contribution in [2.45, 2.75) is 18.4 Å². The van der Waals surface area contributed by atoms with Gasteiger partial charge in [0.25, 0.3) is 10.0 Å². The van der Waals surface area contributed by atoms with Gasteiger partial charge in [-0.15, -0.1) is 11.3 Å². The van der Waals surface area contributed by atoms with Gasteiger partial charge in [-0.1, -0.05) is 0 Å². The molecule has 0 unspecified atom stereocenters. The first kappa shape index (κ1) is 14.9. The van der Waals surface area contributed by atoms with E-state index in [2.05, 4.69) is 0 Å². The van der Waals surface area contributed by atoms with E-state index in [4.69, 9.17) is 5.73 Å². The molecule has 1 heterocycles. The van der Waals surface area contributed by atoms with Crippen molar-refractivity contribution in [3.63, 3.8) is 0 Å². The maximum absolute atomic E-state index is 13.7. The van der Waals surface area contributed by atoms with Crippen LogP contribution in [0, 0.1) is 18.6 Å². The van der Waals surface area contributed by atoms with Gasteiger partial charge in [0.05, 0.1) is 5.69 Å². The highest BCUT2D eigenvalue weighted by molar-refractivity contribution is 7.93. The highest BCUT2D eigenvalue weighted by Gasteiger charge is 2.21. The van der Waals surface area contributed by atoms with Crippen LogP contribution in [0.4, 0.5) is 14.5 Å². The minimum Gasteiger partial charge on any atom is -0.326 e. The van der Waals surface area contributed by atoms with Crippen molar-refractivity contribution >= 4 is 27.0 Å². The van der Waals surface area contributed by atoms with Crippen molar-refractivity contribution in [2.24, 2.45) is 5.73 Å². The molecule has 3 N–H and O–H groups in total. The molecule has 0 aliphatic carbocycles. The Labute approximate surface area is 119 Å². The first-order chi connectivity index (χ1) is 9.35. The molecule has 0 aliphatic heterocycles. The zero-order valence-electron chi connectivity index (χ0n) is 10.5. The molecule has 20 heavy (non-hydrogen) atoms. The molecule has 2 aromatic rings. The molecule has 4 nitrogen and oxygen atoms in total. The summed E-state index contributed by atoms with van der Waals surface area (Å²) < 4.78 is 53.4. The largest absolute Gasteiger partial charge is 0.326 e. The van der Waals surface area contributed by atoms with Gasteiger partial charge in [0.1, 0.15) is 16.5 Å². The van der Waals surface area contributed by atoms with Crippen LogP contribution in [0.1, 0.15) is 10.4 Å². The SMILES string of the molecule is Cc1cc(F)c(NS(=O)(=O)c2ccsc2CN)cc1F. The van der Waals surface area contributed by atoms with Crippen LogP contribution in [0.3, 0.4) is 0 Å². The summed E-state index contributed by atoms with van der Waals surface area (Å²) in [4.78, 5) is 0.427. The number of hydrogen-bond donors (Lipinski definition) is 2. The van der Waals surface area contributed by atoms with Crippen LogP contribution in [-0.2, 0) is 16.6 Å². The molecule has 1 aromatic carbocycles. The zero-order chi connectivity index (χ0) is 14.9. The van der Waals surface area contributed by atoms with E-state index in [-0.39, 0.29) is 17.0 Å². The Balaban J connectivity index is 2.41. The fourth-order valence-electron chi connectivity index (χ4n) is 1.64. The van der Waals surface area contributed by atoms with Gasteiger partial charge in [-0.2, -0.15) is 0 Å². The number of anilines is 1. The number of rotatable bonds is 4. The van der Waals surface area contributed by atoms with Crippen molar-refractivity contribution in [2.75, 3.05) is 4.72 Å². The summed E-state index contributed by atoms with van der Waals surface area (Å²) in [7, 11) is -3.99. The third-order valence-corrected chi connectivity index (χ3v) is 5.19. The molecule has 0 atom stereocenters. The smallest absolute Gasteiger partial charge is 0.263 e. The summed E-state index contributed by atoms with van der Waals surface area (Å²) in [5.41, 5.74) is 5.12. The number of nitrogens with two attached hydrogens (primary N) is 1. The minimum atomic E-state index is -3.99. The summed E-state index contributed by atoms with van der Waals surface area (Å²) in [6.07, 6.45) is 0. The molecule has 0 aliphatic rings. The Morgan fingerprint density at radius 3 is 2.65 bits per heavy atom. The second kappa shape index (κ2) is 5.47. The first-order valence-corrected chi connectivity index (χ1v) is 7.96. The van der Waals surface area contributed by atoms with E-state index in [9.17, 15) is 17.2 Å². The van der Waals surface area contributed by atoms with E-state index in [1.165, 1.54) is 24.3 Å². The lowest BCUT2D eigenvalue weighted by Gasteiger charge is -2.10. The predicted molar refractivity (Wildman–Crippen MR) is 74.1 cm³/mol. The summed E-state index contributed by atoms with van der Waals surface area (Å²) in [6.45, 7) is 1.45. The van der Waals surface area contributed by atoms with Gasteiger partial charge in [0, 0.05) is 17.5 Å². The molecule has 0 bridgehead atoms. The third kappa shape index (κ3) is 2.82. The Hall–Kier alpha value is -1.51. The van der Waals surface area contributed by atoms with E-state index < -0.39 is 27.3 Å². The predicted octanol–water partition coefficient (Wildman–Crippen LogP) is 2.59. The number of halogens is 2. The van der Waals surface area contributed by atoms with Crippen LogP contribution < -0.4 is 10.5 Å². The summed E-state index contributed by atoms with van der Waals surface area (Å²) in [5, 5.41) is 1.57. The monoisotopic (exact) mass is 318 g/mol. The number of nitrogens with one attached hydrogen (secondary N) is 1. The van der Waals surface area contributed by atoms with E-state index >= 15 is 0 Å². The second-order valence-electron chi connectivity index (χ2n) is 4.10. The van der Waals surface area contributed by atoms with Crippen molar-refractivity contribution in [3.05, 3.63) is 45.7 Å². The standard InChI is InChI=1S/C12H12F2N2O2S2/c1-7-4-9(14)10(5-8(7)13)16-20(17,18)12-2-3-19-11(12)6-15/h2-5,16H,6,15H2,1H3. The summed E-state index contributed by atoms with van der Waals surface area (Å²) in [5.74, 6) is -1.52. The van der Waals surface area contributed by atoms with Gasteiger partial charge in [-0.3, -0.25) is 4.72 Å². The number of thiophene rings is 1. The van der Waals surface area contributed by atoms with Gasteiger partial charge in [-0.25, -0.2) is 17.2 Å². The minimum absolute atomic E-state index is 0.0228. The quantitative estimate of drug-likeness (QED) is 0.910. The molecular formula is C12H12F2N2O2S2. The molecule has 0 amide bonds. The third-order valence-electron chi connectivity index (χ3n) is 2.67. The molecule has 0 saturated carbocycles. The summed E-state index contributed by atoms with van der Waals surface area (Å²) >= 11 is 1.18. The Kier molecular flexibility index (Phi) is 4.07. The van der Waals surface area contributed by atoms with E-state index in [1.54, 1.807) is 5.38 Å².